The molecule has 0 saturated carbocycles. The van der Waals surface area contributed by atoms with Crippen molar-refractivity contribution in [3.05, 3.63) is 82.2 Å². The second-order valence-electron chi connectivity index (χ2n) is 6.90. The molecule has 2 N–H and O–H groups in total. The van der Waals surface area contributed by atoms with Gasteiger partial charge >= 0.3 is 6.03 Å². The van der Waals surface area contributed by atoms with Crippen LogP contribution in [0.25, 0.3) is 17.2 Å². The minimum Gasteiger partial charge on any atom is -0.325 e. The van der Waals surface area contributed by atoms with Crippen LogP contribution in [0.15, 0.2) is 71.7 Å². The lowest BCUT2D eigenvalue weighted by Crippen LogP contribution is -2.38. The maximum Gasteiger partial charge on any atom is 0.329 e. The number of rotatable bonds is 5. The van der Waals surface area contributed by atoms with Gasteiger partial charge in [0.2, 0.25) is 5.91 Å². The first-order chi connectivity index (χ1) is 14.5. The van der Waals surface area contributed by atoms with Crippen molar-refractivity contribution in [3.63, 3.8) is 0 Å². The van der Waals surface area contributed by atoms with Crippen molar-refractivity contribution in [1.29, 1.82) is 0 Å². The highest BCUT2D eigenvalue weighted by molar-refractivity contribution is 7.11. The molecule has 6 nitrogen and oxygen atoms in total. The fourth-order valence-corrected chi connectivity index (χ4v) is 3.90. The Kier molecular flexibility index (Phi) is 5.45. The van der Waals surface area contributed by atoms with E-state index >= 15 is 0 Å². The molecule has 7 heteroatoms. The van der Waals surface area contributed by atoms with E-state index in [1.54, 1.807) is 18.2 Å². The van der Waals surface area contributed by atoms with Gasteiger partial charge in [0, 0.05) is 10.6 Å². The van der Waals surface area contributed by atoms with Crippen molar-refractivity contribution >= 4 is 40.9 Å². The fourth-order valence-electron chi connectivity index (χ4n) is 3.05. The molecule has 0 bridgehead atoms. The number of thiophene rings is 1. The number of imide groups is 1. The van der Waals surface area contributed by atoms with Crippen LogP contribution in [0.3, 0.4) is 0 Å². The standard InChI is InChI=1S/C23H19N3O3S/c1-15-7-9-18(10-8-15)24-21(27)13-26-22(28)20(25-23(26)29)12-19-11-17(14-30-19)16-5-3-2-4-6-16/h2-12,14H,13H2,1H3,(H,24,27)(H,25,29)/b20-12-. The zero-order valence-electron chi connectivity index (χ0n) is 16.2. The van der Waals surface area contributed by atoms with Gasteiger partial charge < -0.3 is 10.6 Å². The first-order valence-electron chi connectivity index (χ1n) is 9.34. The molecule has 150 valence electrons. The van der Waals surface area contributed by atoms with Crippen LogP contribution >= 0.6 is 11.3 Å². The van der Waals surface area contributed by atoms with E-state index in [0.29, 0.717) is 5.69 Å². The van der Waals surface area contributed by atoms with Crippen LogP contribution in [-0.2, 0) is 9.59 Å². The van der Waals surface area contributed by atoms with Crippen LogP contribution in [0.2, 0.25) is 0 Å². The highest BCUT2D eigenvalue weighted by Crippen LogP contribution is 2.27. The number of hydrogen-bond donors (Lipinski definition) is 2. The second kappa shape index (κ2) is 8.34. The molecule has 1 aliphatic rings. The number of hydrogen-bond acceptors (Lipinski definition) is 4. The van der Waals surface area contributed by atoms with Crippen LogP contribution in [-0.4, -0.2) is 29.3 Å². The summed E-state index contributed by atoms with van der Waals surface area (Å²) in [5, 5.41) is 7.24. The summed E-state index contributed by atoms with van der Waals surface area (Å²) in [5.74, 6) is -0.959. The fraction of sp³-hybridized carbons (Fsp3) is 0.0870. The van der Waals surface area contributed by atoms with Gasteiger partial charge in [-0.3, -0.25) is 9.59 Å². The Balaban J connectivity index is 1.44. The van der Waals surface area contributed by atoms with E-state index < -0.39 is 17.8 Å². The number of nitrogens with zero attached hydrogens (tertiary/aromatic N) is 1. The van der Waals surface area contributed by atoms with Crippen molar-refractivity contribution in [2.24, 2.45) is 0 Å². The normalized spacial score (nSPS) is 14.8. The summed E-state index contributed by atoms with van der Waals surface area (Å²) in [7, 11) is 0. The van der Waals surface area contributed by atoms with Crippen molar-refractivity contribution in [1.82, 2.24) is 10.2 Å². The van der Waals surface area contributed by atoms with Crippen LogP contribution < -0.4 is 10.6 Å². The van der Waals surface area contributed by atoms with Gasteiger partial charge in [0.25, 0.3) is 5.91 Å². The Morgan fingerprint density at radius 2 is 1.80 bits per heavy atom. The predicted molar refractivity (Wildman–Crippen MR) is 118 cm³/mol. The van der Waals surface area contributed by atoms with Crippen LogP contribution in [0, 0.1) is 6.92 Å². The zero-order valence-corrected chi connectivity index (χ0v) is 17.0. The number of benzene rings is 2. The molecule has 4 amide bonds. The van der Waals surface area contributed by atoms with Gasteiger partial charge in [0.15, 0.2) is 0 Å². The highest BCUT2D eigenvalue weighted by Gasteiger charge is 2.35. The SMILES string of the molecule is Cc1ccc(NC(=O)CN2C(=O)N/C(=C\c3cc(-c4ccccc4)cs3)C2=O)cc1. The maximum absolute atomic E-state index is 12.6. The molecule has 1 aromatic heterocycles. The average molecular weight is 417 g/mol. The van der Waals surface area contributed by atoms with E-state index in [1.807, 2.05) is 60.8 Å². The van der Waals surface area contributed by atoms with Gasteiger partial charge in [-0.05, 0) is 47.7 Å². The predicted octanol–water partition coefficient (Wildman–Crippen LogP) is 4.25. The lowest BCUT2D eigenvalue weighted by molar-refractivity contribution is -0.127. The third-order valence-electron chi connectivity index (χ3n) is 4.61. The molecule has 1 saturated heterocycles. The van der Waals surface area contributed by atoms with Crippen molar-refractivity contribution in [3.8, 4) is 11.1 Å². The molecule has 4 rings (SSSR count). The molecule has 1 aliphatic heterocycles. The number of carbonyl (C=O) groups is 3. The number of urea groups is 1. The van der Waals surface area contributed by atoms with Gasteiger partial charge in [0.05, 0.1) is 0 Å². The summed E-state index contributed by atoms with van der Waals surface area (Å²) in [4.78, 5) is 38.9. The zero-order chi connectivity index (χ0) is 21.1. The first-order valence-corrected chi connectivity index (χ1v) is 10.2. The summed E-state index contributed by atoms with van der Waals surface area (Å²) in [5.41, 5.74) is 3.96. The van der Waals surface area contributed by atoms with Crippen molar-refractivity contribution in [2.45, 2.75) is 6.92 Å². The Morgan fingerprint density at radius 1 is 1.07 bits per heavy atom. The van der Waals surface area contributed by atoms with E-state index in [1.165, 1.54) is 11.3 Å². The Labute approximate surface area is 177 Å². The molecule has 0 spiro atoms. The Hall–Kier alpha value is -3.71. The molecule has 30 heavy (non-hydrogen) atoms. The summed E-state index contributed by atoms with van der Waals surface area (Å²) >= 11 is 1.47. The monoisotopic (exact) mass is 417 g/mol. The number of aryl methyl sites for hydroxylation is 1. The highest BCUT2D eigenvalue weighted by atomic mass is 32.1. The molecule has 0 radical (unpaired) electrons. The van der Waals surface area contributed by atoms with E-state index in [4.69, 9.17) is 0 Å². The molecule has 0 atom stereocenters. The van der Waals surface area contributed by atoms with Gasteiger partial charge in [0.1, 0.15) is 12.2 Å². The van der Waals surface area contributed by atoms with E-state index in [-0.39, 0.29) is 12.2 Å². The third-order valence-corrected chi connectivity index (χ3v) is 5.49. The van der Waals surface area contributed by atoms with Gasteiger partial charge in [-0.2, -0.15) is 0 Å². The van der Waals surface area contributed by atoms with Crippen LogP contribution in [0.5, 0.6) is 0 Å². The molecular weight excluding hydrogens is 398 g/mol. The number of anilines is 1. The molecular formula is C23H19N3O3S. The summed E-state index contributed by atoms with van der Waals surface area (Å²) in [6.45, 7) is 1.60. The van der Waals surface area contributed by atoms with Gasteiger partial charge in [-0.1, -0.05) is 48.0 Å². The molecule has 0 unspecified atom stereocenters. The van der Waals surface area contributed by atoms with Crippen LogP contribution in [0.4, 0.5) is 10.5 Å². The molecule has 0 aliphatic carbocycles. The molecule has 2 heterocycles. The largest absolute Gasteiger partial charge is 0.329 e. The topological polar surface area (TPSA) is 78.5 Å². The molecule has 2 aromatic carbocycles. The summed E-state index contributed by atoms with van der Waals surface area (Å²) in [6, 6.07) is 18.5. The summed E-state index contributed by atoms with van der Waals surface area (Å²) in [6.07, 6.45) is 1.63. The quantitative estimate of drug-likeness (QED) is 0.481. The lowest BCUT2D eigenvalue weighted by Gasteiger charge is -2.12. The lowest BCUT2D eigenvalue weighted by atomic mass is 10.1. The van der Waals surface area contributed by atoms with Crippen LogP contribution in [0.1, 0.15) is 10.4 Å². The number of carbonyl (C=O) groups excluding carboxylic acids is 3. The molecule has 1 fully saturated rings. The first kappa shape index (κ1) is 19.6. The number of amides is 4. The Morgan fingerprint density at radius 3 is 2.53 bits per heavy atom. The average Bonchev–Trinajstić information content (AvgIpc) is 3.31. The smallest absolute Gasteiger partial charge is 0.325 e. The minimum atomic E-state index is -0.606. The van der Waals surface area contributed by atoms with Crippen molar-refractivity contribution < 1.29 is 14.4 Å². The van der Waals surface area contributed by atoms with E-state index in [2.05, 4.69) is 10.6 Å². The van der Waals surface area contributed by atoms with Gasteiger partial charge in [-0.25, -0.2) is 9.69 Å². The third kappa shape index (κ3) is 4.31. The van der Waals surface area contributed by atoms with Gasteiger partial charge in [-0.15, -0.1) is 11.3 Å². The molecule has 3 aromatic rings. The van der Waals surface area contributed by atoms with E-state index in [9.17, 15) is 14.4 Å². The summed E-state index contributed by atoms with van der Waals surface area (Å²) < 4.78 is 0. The Bertz CT molecular complexity index is 1130. The van der Waals surface area contributed by atoms with Crippen molar-refractivity contribution in [2.75, 3.05) is 11.9 Å². The second-order valence-corrected chi connectivity index (χ2v) is 7.84. The maximum atomic E-state index is 12.6. The minimum absolute atomic E-state index is 0.157. The van der Waals surface area contributed by atoms with E-state index in [0.717, 1.165) is 26.5 Å². The number of nitrogens with one attached hydrogen (secondary N) is 2.